The quantitative estimate of drug-likeness (QED) is 0.410. The predicted molar refractivity (Wildman–Crippen MR) is 169 cm³/mol. The summed E-state index contributed by atoms with van der Waals surface area (Å²) >= 11 is 0. The standard InChI is InChI=1S/C36H39N4O4/c1-33(2)22-35(5,18-26(20-37)29(33)41)40(8)32(44)25-15-12-16-28(17-25)38-21-27-19-36(6,23-34(3,4)30(27)42)39(7)31(43)24-13-10-9-11-14-24/h9-19H,22-23H2,1-8H3/q+1. The van der Waals surface area contributed by atoms with Crippen molar-refractivity contribution in [3.8, 4) is 12.1 Å². The Balaban J connectivity index is 1.65. The third-order valence-electron chi connectivity index (χ3n) is 8.91. The van der Waals surface area contributed by atoms with E-state index in [0.717, 1.165) is 0 Å². The van der Waals surface area contributed by atoms with E-state index in [4.69, 9.17) is 0 Å². The second-order valence-corrected chi connectivity index (χ2v) is 13.6. The Morgan fingerprint density at radius 3 is 1.75 bits per heavy atom. The Morgan fingerprint density at radius 2 is 1.20 bits per heavy atom. The fourth-order valence-corrected chi connectivity index (χ4v) is 6.40. The van der Waals surface area contributed by atoms with E-state index in [1.165, 1.54) is 0 Å². The highest BCUT2D eigenvalue weighted by atomic mass is 16.2. The van der Waals surface area contributed by atoms with Crippen molar-refractivity contribution in [3.63, 3.8) is 0 Å². The normalized spacial score (nSPS) is 23.7. The minimum atomic E-state index is -0.858. The molecule has 44 heavy (non-hydrogen) atoms. The maximum atomic E-state index is 13.6. The lowest BCUT2D eigenvalue weighted by molar-refractivity contribution is -0.125. The van der Waals surface area contributed by atoms with E-state index in [9.17, 15) is 24.4 Å². The number of carbonyl (C=O) groups excluding carboxylic acids is 4. The first-order chi connectivity index (χ1) is 20.4. The van der Waals surface area contributed by atoms with Crippen LogP contribution in [0.5, 0.6) is 0 Å². The zero-order valence-electron chi connectivity index (χ0n) is 26.7. The minimum Gasteiger partial charge on any atom is -0.333 e. The summed E-state index contributed by atoms with van der Waals surface area (Å²) in [5, 5.41) is 9.55. The predicted octanol–water partition coefficient (Wildman–Crippen LogP) is 6.39. The van der Waals surface area contributed by atoms with E-state index >= 15 is 0 Å². The molecule has 2 amide bonds. The maximum Gasteiger partial charge on any atom is 0.341 e. The number of carbonyl (C=O) groups is 4. The van der Waals surface area contributed by atoms with Gasteiger partial charge in [0.15, 0.2) is 11.6 Å². The van der Waals surface area contributed by atoms with Crippen LogP contribution in [0.4, 0.5) is 5.69 Å². The molecule has 2 aliphatic rings. The lowest BCUT2D eigenvalue weighted by Gasteiger charge is -2.44. The molecule has 0 fully saturated rings. The van der Waals surface area contributed by atoms with Crippen LogP contribution in [0.25, 0.3) is 4.85 Å². The fourth-order valence-electron chi connectivity index (χ4n) is 6.40. The van der Waals surface area contributed by atoms with Crippen LogP contribution in [0.3, 0.4) is 0 Å². The van der Waals surface area contributed by atoms with Crippen molar-refractivity contribution in [2.45, 2.75) is 65.5 Å². The van der Waals surface area contributed by atoms with Gasteiger partial charge in [-0.15, -0.1) is 0 Å². The van der Waals surface area contributed by atoms with E-state index < -0.39 is 21.9 Å². The first-order valence-electron chi connectivity index (χ1n) is 14.6. The Morgan fingerprint density at radius 1 is 0.727 bits per heavy atom. The molecule has 2 aliphatic carbocycles. The molecule has 0 heterocycles. The van der Waals surface area contributed by atoms with Crippen LogP contribution in [0.15, 0.2) is 77.9 Å². The van der Waals surface area contributed by atoms with Crippen LogP contribution >= 0.6 is 0 Å². The average Bonchev–Trinajstić information content (AvgIpc) is 2.98. The summed E-state index contributed by atoms with van der Waals surface area (Å²) in [5.74, 6) is -0.816. The molecule has 0 saturated carbocycles. The molecule has 4 rings (SSSR count). The van der Waals surface area contributed by atoms with Gasteiger partial charge in [-0.3, -0.25) is 19.2 Å². The fraction of sp³-hybridized carbons (Fsp3) is 0.389. The largest absolute Gasteiger partial charge is 0.341 e. The molecule has 2 aromatic carbocycles. The van der Waals surface area contributed by atoms with Crippen molar-refractivity contribution in [2.75, 3.05) is 14.1 Å². The number of Topliss-reactive ketones (excluding diaryl/α,β-unsaturated/α-hetero) is 2. The smallest absolute Gasteiger partial charge is 0.333 e. The van der Waals surface area contributed by atoms with Crippen molar-refractivity contribution in [1.82, 2.24) is 9.80 Å². The zero-order valence-corrected chi connectivity index (χ0v) is 26.7. The molecule has 0 bridgehead atoms. The summed E-state index contributed by atoms with van der Waals surface area (Å²) in [6.45, 7) is 11.0. The van der Waals surface area contributed by atoms with E-state index in [1.54, 1.807) is 86.3 Å². The van der Waals surface area contributed by atoms with E-state index in [2.05, 4.69) is 10.9 Å². The van der Waals surface area contributed by atoms with Gasteiger partial charge >= 0.3 is 11.8 Å². The third kappa shape index (κ3) is 5.98. The second kappa shape index (κ2) is 11.4. The topological polar surface area (TPSA) is 103 Å². The molecule has 2 unspecified atom stereocenters. The minimum absolute atomic E-state index is 0.0489. The number of hydrogen-bond acceptors (Lipinski definition) is 5. The Labute approximate surface area is 259 Å². The highest BCUT2D eigenvalue weighted by Gasteiger charge is 2.48. The zero-order chi connectivity index (χ0) is 32.7. The molecule has 0 saturated heterocycles. The molecular weight excluding hydrogens is 552 g/mol. The van der Waals surface area contributed by atoms with Crippen molar-refractivity contribution in [3.05, 3.63) is 93.9 Å². The molecule has 0 radical (unpaired) electrons. The summed E-state index contributed by atoms with van der Waals surface area (Å²) in [6, 6.07) is 20.6. The Kier molecular flexibility index (Phi) is 8.28. The second-order valence-electron chi connectivity index (χ2n) is 13.6. The van der Waals surface area contributed by atoms with Crippen LogP contribution < -0.4 is 0 Å². The first kappa shape index (κ1) is 32.1. The van der Waals surface area contributed by atoms with Gasteiger partial charge in [-0.25, -0.2) is 0 Å². The number of hydrogen-bond donors (Lipinski definition) is 0. The summed E-state index contributed by atoms with van der Waals surface area (Å²) in [7, 11) is 3.39. The maximum absolute atomic E-state index is 13.6. The van der Waals surface area contributed by atoms with Gasteiger partial charge in [-0.05, 0) is 61.9 Å². The van der Waals surface area contributed by atoms with Crippen LogP contribution in [-0.4, -0.2) is 58.4 Å². The molecular formula is C36H39N4O4+. The van der Waals surface area contributed by atoms with Crippen molar-refractivity contribution >= 4 is 29.1 Å². The SMILES string of the molecule is CN(C(=O)c1ccccc1)C1(C)C=C(C#[N+]c2cccc(C(=O)N(C)C3(C)C=C(C#N)C(=O)C(C)(C)C3)c2)C(=O)C(C)(C)C1. The number of amides is 2. The van der Waals surface area contributed by atoms with Gasteiger partial charge in [0.05, 0.1) is 16.7 Å². The van der Waals surface area contributed by atoms with E-state index in [1.807, 2.05) is 52.0 Å². The molecule has 2 atom stereocenters. The van der Waals surface area contributed by atoms with Crippen LogP contribution in [0, 0.1) is 28.2 Å². The highest BCUT2D eigenvalue weighted by molar-refractivity contribution is 6.06. The number of ketones is 2. The Bertz CT molecular complexity index is 1720. The molecule has 8 nitrogen and oxygen atoms in total. The van der Waals surface area contributed by atoms with Gasteiger partial charge in [-0.1, -0.05) is 52.0 Å². The summed E-state index contributed by atoms with van der Waals surface area (Å²) in [6.07, 6.45) is 4.12. The highest BCUT2D eigenvalue weighted by Crippen LogP contribution is 2.42. The molecule has 0 aromatic heterocycles. The van der Waals surface area contributed by atoms with Gasteiger partial charge in [0.1, 0.15) is 11.6 Å². The number of nitriles is 1. The van der Waals surface area contributed by atoms with Crippen molar-refractivity contribution < 1.29 is 19.2 Å². The van der Waals surface area contributed by atoms with Crippen LogP contribution in [0.1, 0.15) is 75.1 Å². The van der Waals surface area contributed by atoms with Crippen molar-refractivity contribution in [1.29, 1.82) is 5.26 Å². The van der Waals surface area contributed by atoms with Gasteiger partial charge < -0.3 is 9.80 Å². The third-order valence-corrected chi connectivity index (χ3v) is 8.91. The number of nitrogens with zero attached hydrogens (tertiary/aromatic N) is 4. The summed E-state index contributed by atoms with van der Waals surface area (Å²) in [5.41, 5.74) is -1.54. The first-order valence-corrected chi connectivity index (χ1v) is 14.6. The molecule has 8 heteroatoms. The van der Waals surface area contributed by atoms with Gasteiger partial charge in [0, 0.05) is 48.2 Å². The molecule has 0 aliphatic heterocycles. The molecule has 2 aromatic rings. The Hall–Kier alpha value is -4.82. The summed E-state index contributed by atoms with van der Waals surface area (Å²) < 4.78 is 0. The van der Waals surface area contributed by atoms with E-state index in [0.29, 0.717) is 29.7 Å². The van der Waals surface area contributed by atoms with E-state index in [-0.39, 0.29) is 34.5 Å². The van der Waals surface area contributed by atoms with Gasteiger partial charge in [0.2, 0.25) is 0 Å². The van der Waals surface area contributed by atoms with Crippen LogP contribution in [-0.2, 0) is 9.59 Å². The van der Waals surface area contributed by atoms with Crippen LogP contribution in [0.2, 0.25) is 0 Å². The van der Waals surface area contributed by atoms with Crippen molar-refractivity contribution in [2.24, 2.45) is 10.8 Å². The molecule has 0 spiro atoms. The monoisotopic (exact) mass is 591 g/mol. The lowest BCUT2D eigenvalue weighted by atomic mass is 9.68. The average molecular weight is 592 g/mol. The number of allylic oxidation sites excluding steroid dienone is 2. The van der Waals surface area contributed by atoms with Gasteiger partial charge in [0.25, 0.3) is 11.8 Å². The molecule has 0 N–H and O–H groups in total. The lowest BCUT2D eigenvalue weighted by Crippen LogP contribution is -2.52. The number of likely N-dealkylation sites (N-methyl/N-ethyl adjacent to an activating group) is 2. The summed E-state index contributed by atoms with van der Waals surface area (Å²) in [4.78, 5) is 60.7. The number of rotatable bonds is 4. The number of benzene rings is 2. The van der Waals surface area contributed by atoms with Gasteiger partial charge in [-0.2, -0.15) is 5.26 Å². The molecule has 226 valence electrons.